The second-order valence-electron chi connectivity index (χ2n) is 3.35. The van der Waals surface area contributed by atoms with E-state index in [1.165, 1.54) is 0 Å². The van der Waals surface area contributed by atoms with E-state index in [4.69, 9.17) is 9.47 Å². The van der Waals surface area contributed by atoms with E-state index < -0.39 is 0 Å². The van der Waals surface area contributed by atoms with Gasteiger partial charge in [0.05, 0.1) is 18.8 Å². The van der Waals surface area contributed by atoms with E-state index in [1.54, 1.807) is 18.9 Å². The number of hydrogen-bond acceptors (Lipinski definition) is 4. The molecule has 3 atom stereocenters. The van der Waals surface area contributed by atoms with Gasteiger partial charge in [0, 0.05) is 24.7 Å². The molecule has 1 heterocycles. The predicted molar refractivity (Wildman–Crippen MR) is 54.2 cm³/mol. The summed E-state index contributed by atoms with van der Waals surface area (Å²) in [6.07, 6.45) is 1.09. The molecule has 1 saturated heterocycles. The highest BCUT2D eigenvalue weighted by Gasteiger charge is 2.24. The van der Waals surface area contributed by atoms with Gasteiger partial charge in [-0.25, -0.2) is 0 Å². The summed E-state index contributed by atoms with van der Waals surface area (Å²) in [6, 6.07) is 0. The minimum atomic E-state index is -0.345. The number of hydrogen-bond donors (Lipinski definition) is 1. The van der Waals surface area contributed by atoms with Gasteiger partial charge < -0.3 is 14.6 Å². The third kappa shape index (κ3) is 3.85. The molecule has 1 rings (SSSR count). The molecule has 1 N–H and O–H groups in total. The van der Waals surface area contributed by atoms with Gasteiger partial charge in [0.15, 0.2) is 0 Å². The van der Waals surface area contributed by atoms with Crippen LogP contribution in [-0.4, -0.2) is 48.6 Å². The van der Waals surface area contributed by atoms with Crippen LogP contribution in [0, 0.1) is 0 Å². The first-order valence-corrected chi connectivity index (χ1v) is 5.69. The summed E-state index contributed by atoms with van der Waals surface area (Å²) >= 11 is 1.79. The van der Waals surface area contributed by atoms with Crippen LogP contribution in [-0.2, 0) is 9.47 Å². The molecule has 0 radical (unpaired) electrons. The fourth-order valence-corrected chi connectivity index (χ4v) is 2.58. The molecule has 0 aromatic carbocycles. The van der Waals surface area contributed by atoms with Crippen LogP contribution in [0.2, 0.25) is 0 Å². The Morgan fingerprint density at radius 1 is 1.69 bits per heavy atom. The molecule has 0 saturated carbocycles. The molecule has 4 heteroatoms. The van der Waals surface area contributed by atoms with E-state index in [1.807, 2.05) is 0 Å². The summed E-state index contributed by atoms with van der Waals surface area (Å²) in [6.45, 7) is 3.38. The lowest BCUT2D eigenvalue weighted by Crippen LogP contribution is -2.21. The van der Waals surface area contributed by atoms with E-state index in [9.17, 15) is 5.11 Å². The van der Waals surface area contributed by atoms with E-state index in [0.717, 1.165) is 18.8 Å². The van der Waals surface area contributed by atoms with Crippen molar-refractivity contribution in [2.75, 3.05) is 26.1 Å². The fraction of sp³-hybridized carbons (Fsp3) is 1.00. The Morgan fingerprint density at radius 3 is 3.00 bits per heavy atom. The van der Waals surface area contributed by atoms with Crippen molar-refractivity contribution in [1.82, 2.24) is 0 Å². The monoisotopic (exact) mass is 206 g/mol. The highest BCUT2D eigenvalue weighted by molar-refractivity contribution is 8.00. The maximum atomic E-state index is 9.41. The van der Waals surface area contributed by atoms with Gasteiger partial charge in [-0.1, -0.05) is 0 Å². The zero-order chi connectivity index (χ0) is 9.68. The molecule has 0 amide bonds. The summed E-state index contributed by atoms with van der Waals surface area (Å²) in [5.74, 6) is 0.742. The van der Waals surface area contributed by atoms with Crippen LogP contribution >= 0.6 is 11.8 Å². The molecule has 0 aromatic rings. The van der Waals surface area contributed by atoms with Crippen molar-refractivity contribution in [3.63, 3.8) is 0 Å². The van der Waals surface area contributed by atoms with Gasteiger partial charge in [0.2, 0.25) is 0 Å². The van der Waals surface area contributed by atoms with Crippen LogP contribution in [0.1, 0.15) is 13.3 Å². The topological polar surface area (TPSA) is 38.7 Å². The third-order valence-corrected chi connectivity index (χ3v) is 3.79. The Kier molecular flexibility index (Phi) is 5.09. The first-order valence-electron chi connectivity index (χ1n) is 4.64. The average molecular weight is 206 g/mol. The minimum absolute atomic E-state index is 0.333. The SMILES string of the molecule is COCC(O)CSC1CCOC1C. The second kappa shape index (κ2) is 5.86. The Bertz CT molecular complexity index is 143. The van der Waals surface area contributed by atoms with Gasteiger partial charge in [-0.05, 0) is 13.3 Å². The van der Waals surface area contributed by atoms with E-state index in [0.29, 0.717) is 18.0 Å². The number of ether oxygens (including phenoxy) is 2. The second-order valence-corrected chi connectivity index (χ2v) is 4.62. The zero-order valence-corrected chi connectivity index (χ0v) is 9.05. The molecule has 0 bridgehead atoms. The van der Waals surface area contributed by atoms with Gasteiger partial charge in [-0.15, -0.1) is 0 Å². The summed E-state index contributed by atoms with van der Waals surface area (Å²) in [4.78, 5) is 0. The van der Waals surface area contributed by atoms with Crippen molar-refractivity contribution in [2.45, 2.75) is 30.8 Å². The van der Waals surface area contributed by atoms with Gasteiger partial charge in [-0.2, -0.15) is 11.8 Å². The molecule has 13 heavy (non-hydrogen) atoms. The molecule has 1 aliphatic rings. The molecule has 1 fully saturated rings. The lowest BCUT2D eigenvalue weighted by molar-refractivity contribution is 0.0792. The molecule has 1 aliphatic heterocycles. The molecular weight excluding hydrogens is 188 g/mol. The lowest BCUT2D eigenvalue weighted by atomic mass is 10.3. The number of aliphatic hydroxyl groups is 1. The highest BCUT2D eigenvalue weighted by Crippen LogP contribution is 2.26. The normalized spacial score (nSPS) is 30.7. The van der Waals surface area contributed by atoms with E-state index in [-0.39, 0.29) is 6.10 Å². The van der Waals surface area contributed by atoms with Gasteiger partial charge in [0.25, 0.3) is 0 Å². The van der Waals surface area contributed by atoms with Crippen LogP contribution in [0.25, 0.3) is 0 Å². The van der Waals surface area contributed by atoms with Crippen LogP contribution in [0.3, 0.4) is 0 Å². The quantitative estimate of drug-likeness (QED) is 0.725. The third-order valence-electron chi connectivity index (χ3n) is 2.17. The minimum Gasteiger partial charge on any atom is -0.390 e. The standard InChI is InChI=1S/C9H18O3S/c1-7-9(3-4-12-7)13-6-8(10)5-11-2/h7-10H,3-6H2,1-2H3. The summed E-state index contributed by atoms with van der Waals surface area (Å²) in [5, 5.41) is 9.96. The van der Waals surface area contributed by atoms with Gasteiger partial charge in [0.1, 0.15) is 0 Å². The summed E-state index contributed by atoms with van der Waals surface area (Å²) < 4.78 is 10.3. The van der Waals surface area contributed by atoms with Crippen molar-refractivity contribution >= 4 is 11.8 Å². The van der Waals surface area contributed by atoms with Crippen molar-refractivity contribution in [3.05, 3.63) is 0 Å². The maximum absolute atomic E-state index is 9.41. The highest BCUT2D eigenvalue weighted by atomic mass is 32.2. The molecule has 78 valence electrons. The van der Waals surface area contributed by atoms with Gasteiger partial charge in [-0.3, -0.25) is 0 Å². The van der Waals surface area contributed by atoms with Crippen molar-refractivity contribution < 1.29 is 14.6 Å². The first-order chi connectivity index (χ1) is 6.24. The summed E-state index contributed by atoms with van der Waals surface area (Å²) in [5.41, 5.74) is 0. The van der Waals surface area contributed by atoms with E-state index in [2.05, 4.69) is 6.92 Å². The van der Waals surface area contributed by atoms with Crippen LogP contribution in [0.4, 0.5) is 0 Å². The number of aliphatic hydroxyl groups excluding tert-OH is 1. The first kappa shape index (κ1) is 11.3. The average Bonchev–Trinajstić information content (AvgIpc) is 2.48. The number of methoxy groups -OCH3 is 1. The Balaban J connectivity index is 2.10. The molecule has 0 aromatic heterocycles. The Hall–Kier alpha value is 0.230. The van der Waals surface area contributed by atoms with Crippen LogP contribution < -0.4 is 0 Å². The Morgan fingerprint density at radius 2 is 2.46 bits per heavy atom. The van der Waals surface area contributed by atoms with Crippen molar-refractivity contribution in [2.24, 2.45) is 0 Å². The lowest BCUT2D eigenvalue weighted by Gasteiger charge is -2.15. The van der Waals surface area contributed by atoms with Crippen LogP contribution in [0.15, 0.2) is 0 Å². The summed E-state index contributed by atoms with van der Waals surface area (Å²) in [7, 11) is 1.61. The van der Waals surface area contributed by atoms with Gasteiger partial charge >= 0.3 is 0 Å². The Labute approximate surface area is 83.8 Å². The molecule has 3 nitrogen and oxygen atoms in total. The molecule has 0 aliphatic carbocycles. The number of thioether (sulfide) groups is 1. The van der Waals surface area contributed by atoms with Crippen molar-refractivity contribution in [1.29, 1.82) is 0 Å². The zero-order valence-electron chi connectivity index (χ0n) is 8.23. The smallest absolute Gasteiger partial charge is 0.0863 e. The predicted octanol–water partition coefficient (Wildman–Crippen LogP) is 0.904. The molecular formula is C9H18O3S. The van der Waals surface area contributed by atoms with Crippen LogP contribution in [0.5, 0.6) is 0 Å². The molecule has 3 unspecified atom stereocenters. The fourth-order valence-electron chi connectivity index (χ4n) is 1.41. The maximum Gasteiger partial charge on any atom is 0.0863 e. The van der Waals surface area contributed by atoms with Crippen molar-refractivity contribution in [3.8, 4) is 0 Å². The molecule has 0 spiro atoms. The number of rotatable bonds is 5. The van der Waals surface area contributed by atoms with E-state index >= 15 is 0 Å². The largest absolute Gasteiger partial charge is 0.390 e.